The zero-order valence-corrected chi connectivity index (χ0v) is 14.3. The quantitative estimate of drug-likeness (QED) is 0.691. The van der Waals surface area contributed by atoms with Crippen molar-refractivity contribution in [2.24, 2.45) is 0 Å². The summed E-state index contributed by atoms with van der Waals surface area (Å²) in [7, 11) is 0. The highest BCUT2D eigenvalue weighted by atomic mass is 16.2. The van der Waals surface area contributed by atoms with E-state index in [-0.39, 0.29) is 17.7 Å². The monoisotopic (exact) mass is 336 g/mol. The average Bonchev–Trinajstić information content (AvgIpc) is 3.24. The zero-order chi connectivity index (χ0) is 17.6. The molecule has 0 bridgehead atoms. The number of hydrogen-bond donors (Lipinski definition) is 0. The molecular formula is C19H20N4O2. The van der Waals surface area contributed by atoms with Gasteiger partial charge in [0.1, 0.15) is 6.04 Å². The van der Waals surface area contributed by atoms with Gasteiger partial charge in [-0.15, -0.1) is 0 Å². The van der Waals surface area contributed by atoms with Crippen molar-refractivity contribution >= 4 is 22.6 Å². The van der Waals surface area contributed by atoms with Gasteiger partial charge >= 0.3 is 0 Å². The standard InChI is InChI=1S/C19H20N4O2/c1-13(19(25)21-7-8-22-12-20-9-15(22)10-21)23-11-17(14(2)24)16-5-3-4-6-18(16)23/h3-6,9,11-13H,7-8,10H2,1-2H3. The summed E-state index contributed by atoms with van der Waals surface area (Å²) in [6.07, 6.45) is 5.42. The van der Waals surface area contributed by atoms with E-state index >= 15 is 0 Å². The van der Waals surface area contributed by atoms with E-state index in [1.54, 1.807) is 13.3 Å². The second-order valence-corrected chi connectivity index (χ2v) is 6.54. The van der Waals surface area contributed by atoms with Gasteiger partial charge in [0.15, 0.2) is 5.78 Å². The van der Waals surface area contributed by atoms with Crippen LogP contribution < -0.4 is 0 Å². The average molecular weight is 336 g/mol. The van der Waals surface area contributed by atoms with Gasteiger partial charge in [0.05, 0.1) is 18.6 Å². The number of ketones is 1. The summed E-state index contributed by atoms with van der Waals surface area (Å²) in [5, 5.41) is 0.895. The van der Waals surface area contributed by atoms with E-state index in [1.165, 1.54) is 0 Å². The van der Waals surface area contributed by atoms with Crippen LogP contribution in [0, 0.1) is 0 Å². The summed E-state index contributed by atoms with van der Waals surface area (Å²) in [6.45, 7) is 5.46. The molecule has 6 heteroatoms. The first-order valence-electron chi connectivity index (χ1n) is 8.44. The largest absolute Gasteiger partial charge is 0.335 e. The Morgan fingerprint density at radius 2 is 2.00 bits per heavy atom. The summed E-state index contributed by atoms with van der Waals surface area (Å²) >= 11 is 0. The smallest absolute Gasteiger partial charge is 0.245 e. The van der Waals surface area contributed by atoms with E-state index < -0.39 is 0 Å². The SMILES string of the molecule is CC(=O)c1cn(C(C)C(=O)N2CCn3cncc3C2)c2ccccc12. The minimum absolute atomic E-state index is 0.0106. The summed E-state index contributed by atoms with van der Waals surface area (Å²) in [5.41, 5.74) is 2.62. The number of nitrogens with zero attached hydrogens (tertiary/aromatic N) is 4. The van der Waals surface area contributed by atoms with E-state index in [1.807, 2.05) is 53.0 Å². The van der Waals surface area contributed by atoms with E-state index in [9.17, 15) is 9.59 Å². The fraction of sp³-hybridized carbons (Fsp3) is 0.316. The van der Waals surface area contributed by atoms with Crippen molar-refractivity contribution in [3.05, 3.63) is 54.2 Å². The van der Waals surface area contributed by atoms with Crippen LogP contribution in [0.5, 0.6) is 0 Å². The predicted octanol–water partition coefficient (Wildman–Crippen LogP) is 2.64. The molecule has 1 aromatic carbocycles. The number of amides is 1. The van der Waals surface area contributed by atoms with Crippen molar-refractivity contribution in [1.82, 2.24) is 19.0 Å². The third-order valence-corrected chi connectivity index (χ3v) is 4.97. The molecule has 0 saturated carbocycles. The molecule has 2 aromatic heterocycles. The Kier molecular flexibility index (Phi) is 3.67. The Labute approximate surface area is 145 Å². The van der Waals surface area contributed by atoms with E-state index in [2.05, 4.69) is 9.55 Å². The van der Waals surface area contributed by atoms with Crippen LogP contribution in [0.4, 0.5) is 0 Å². The van der Waals surface area contributed by atoms with Gasteiger partial charge in [0.2, 0.25) is 5.91 Å². The Hall–Kier alpha value is -2.89. The number of rotatable bonds is 3. The molecule has 1 amide bonds. The van der Waals surface area contributed by atoms with Gasteiger partial charge in [0, 0.05) is 41.9 Å². The second kappa shape index (κ2) is 5.88. The molecule has 0 N–H and O–H groups in total. The molecule has 128 valence electrons. The first-order chi connectivity index (χ1) is 12.1. The molecule has 25 heavy (non-hydrogen) atoms. The lowest BCUT2D eigenvalue weighted by atomic mass is 10.1. The number of carbonyl (C=O) groups is 2. The number of Topliss-reactive ketones (excluding diaryl/α,β-unsaturated/α-hetero) is 1. The maximum Gasteiger partial charge on any atom is 0.245 e. The number of benzene rings is 1. The fourth-order valence-corrected chi connectivity index (χ4v) is 3.56. The number of aromatic nitrogens is 3. The van der Waals surface area contributed by atoms with Crippen molar-refractivity contribution in [3.8, 4) is 0 Å². The second-order valence-electron chi connectivity index (χ2n) is 6.54. The molecule has 0 aliphatic carbocycles. The lowest BCUT2D eigenvalue weighted by Crippen LogP contribution is -2.41. The molecule has 0 radical (unpaired) electrons. The van der Waals surface area contributed by atoms with Crippen LogP contribution in [0.15, 0.2) is 43.0 Å². The number of imidazole rings is 1. The van der Waals surface area contributed by atoms with Gasteiger partial charge in [-0.05, 0) is 19.9 Å². The lowest BCUT2D eigenvalue weighted by molar-refractivity contribution is -0.135. The van der Waals surface area contributed by atoms with Gasteiger partial charge in [-0.1, -0.05) is 18.2 Å². The van der Waals surface area contributed by atoms with Crippen LogP contribution >= 0.6 is 0 Å². The normalized spacial score (nSPS) is 15.2. The molecule has 3 aromatic rings. The Bertz CT molecular complexity index is 969. The molecule has 6 nitrogen and oxygen atoms in total. The molecule has 1 atom stereocenters. The molecule has 0 saturated heterocycles. The summed E-state index contributed by atoms with van der Waals surface area (Å²) in [4.78, 5) is 31.0. The van der Waals surface area contributed by atoms with Crippen LogP contribution in [-0.4, -0.2) is 37.3 Å². The highest BCUT2D eigenvalue weighted by Crippen LogP contribution is 2.27. The Balaban J connectivity index is 1.67. The number of fused-ring (bicyclic) bond motifs is 2. The van der Waals surface area contributed by atoms with Crippen molar-refractivity contribution < 1.29 is 9.59 Å². The van der Waals surface area contributed by atoms with Gasteiger partial charge in [-0.3, -0.25) is 9.59 Å². The van der Waals surface area contributed by atoms with Crippen LogP contribution in [0.2, 0.25) is 0 Å². The van der Waals surface area contributed by atoms with Gasteiger partial charge < -0.3 is 14.0 Å². The third kappa shape index (κ3) is 2.54. The number of carbonyl (C=O) groups excluding carboxylic acids is 2. The molecule has 1 unspecified atom stereocenters. The van der Waals surface area contributed by atoms with Crippen LogP contribution in [0.25, 0.3) is 10.9 Å². The summed E-state index contributed by atoms with van der Waals surface area (Å²) in [6, 6.07) is 7.36. The first kappa shape index (κ1) is 15.6. The summed E-state index contributed by atoms with van der Waals surface area (Å²) in [5.74, 6) is 0.0692. The third-order valence-electron chi connectivity index (χ3n) is 4.97. The minimum Gasteiger partial charge on any atom is -0.335 e. The van der Waals surface area contributed by atoms with Crippen LogP contribution in [-0.2, 0) is 17.9 Å². The molecule has 4 rings (SSSR count). The Morgan fingerprint density at radius 3 is 2.80 bits per heavy atom. The highest BCUT2D eigenvalue weighted by molar-refractivity contribution is 6.07. The maximum atomic E-state index is 13.0. The van der Waals surface area contributed by atoms with Crippen molar-refractivity contribution in [1.29, 1.82) is 0 Å². The minimum atomic E-state index is -0.368. The van der Waals surface area contributed by atoms with Gasteiger partial charge in [-0.25, -0.2) is 4.98 Å². The van der Waals surface area contributed by atoms with Crippen molar-refractivity contribution in [2.45, 2.75) is 33.0 Å². The molecule has 1 aliphatic heterocycles. The summed E-state index contributed by atoms with van der Waals surface area (Å²) < 4.78 is 3.99. The molecule has 1 aliphatic rings. The van der Waals surface area contributed by atoms with E-state index in [0.29, 0.717) is 18.7 Å². The van der Waals surface area contributed by atoms with Crippen LogP contribution in [0.3, 0.4) is 0 Å². The molecule has 3 heterocycles. The van der Waals surface area contributed by atoms with Crippen LogP contribution in [0.1, 0.15) is 35.9 Å². The van der Waals surface area contributed by atoms with E-state index in [4.69, 9.17) is 0 Å². The lowest BCUT2D eigenvalue weighted by Gasteiger charge is -2.30. The van der Waals surface area contributed by atoms with Crippen molar-refractivity contribution in [3.63, 3.8) is 0 Å². The molecule has 0 spiro atoms. The fourth-order valence-electron chi connectivity index (χ4n) is 3.56. The topological polar surface area (TPSA) is 60.1 Å². The highest BCUT2D eigenvalue weighted by Gasteiger charge is 2.27. The van der Waals surface area contributed by atoms with E-state index in [0.717, 1.165) is 23.1 Å². The molecular weight excluding hydrogens is 316 g/mol. The van der Waals surface area contributed by atoms with Gasteiger partial charge in [-0.2, -0.15) is 0 Å². The molecule has 0 fully saturated rings. The van der Waals surface area contributed by atoms with Gasteiger partial charge in [0.25, 0.3) is 0 Å². The number of hydrogen-bond acceptors (Lipinski definition) is 3. The van der Waals surface area contributed by atoms with Crippen molar-refractivity contribution in [2.75, 3.05) is 6.54 Å². The zero-order valence-electron chi connectivity index (χ0n) is 14.3. The number of para-hydroxylation sites is 1. The first-order valence-corrected chi connectivity index (χ1v) is 8.44. The Morgan fingerprint density at radius 1 is 1.20 bits per heavy atom. The predicted molar refractivity (Wildman–Crippen MR) is 94.3 cm³/mol. The maximum absolute atomic E-state index is 13.0.